The Hall–Kier alpha value is -1.92. The highest BCUT2D eigenvalue weighted by Gasteiger charge is 2.12. The summed E-state index contributed by atoms with van der Waals surface area (Å²) < 4.78 is 5.40. The highest BCUT2D eigenvalue weighted by Crippen LogP contribution is 2.25. The number of rotatable bonds is 7. The number of hydrogen-bond acceptors (Lipinski definition) is 5. The Kier molecular flexibility index (Phi) is 5.91. The van der Waals surface area contributed by atoms with Crippen LogP contribution in [0.2, 0.25) is 0 Å². The minimum atomic E-state index is -0.214. The number of benzene rings is 1. The van der Waals surface area contributed by atoms with E-state index < -0.39 is 0 Å². The SMILES string of the molecule is CCOc1ccc(-c2nc(C(=O)NCC(C)CO)cs2)cc1. The third kappa shape index (κ3) is 4.29. The van der Waals surface area contributed by atoms with Gasteiger partial charge in [0, 0.05) is 24.1 Å². The third-order valence-corrected chi connectivity index (χ3v) is 3.96. The van der Waals surface area contributed by atoms with E-state index in [0.717, 1.165) is 16.3 Å². The largest absolute Gasteiger partial charge is 0.494 e. The molecule has 0 bridgehead atoms. The van der Waals surface area contributed by atoms with Gasteiger partial charge in [-0.05, 0) is 37.1 Å². The van der Waals surface area contributed by atoms with Crippen LogP contribution < -0.4 is 10.1 Å². The van der Waals surface area contributed by atoms with E-state index in [1.165, 1.54) is 11.3 Å². The number of aliphatic hydroxyl groups is 1. The fraction of sp³-hybridized carbons (Fsp3) is 0.375. The number of ether oxygens (including phenoxy) is 1. The number of aliphatic hydroxyl groups excluding tert-OH is 1. The maximum atomic E-state index is 12.0. The van der Waals surface area contributed by atoms with Crippen molar-refractivity contribution < 1.29 is 14.6 Å². The zero-order valence-corrected chi connectivity index (χ0v) is 13.5. The van der Waals surface area contributed by atoms with Crippen molar-refractivity contribution in [1.82, 2.24) is 10.3 Å². The van der Waals surface area contributed by atoms with Gasteiger partial charge in [-0.1, -0.05) is 6.92 Å². The van der Waals surface area contributed by atoms with Gasteiger partial charge >= 0.3 is 0 Å². The quantitative estimate of drug-likeness (QED) is 0.822. The molecule has 0 aliphatic rings. The molecule has 118 valence electrons. The molecule has 0 saturated heterocycles. The summed E-state index contributed by atoms with van der Waals surface area (Å²) in [5.74, 6) is 0.640. The van der Waals surface area contributed by atoms with Crippen molar-refractivity contribution in [2.24, 2.45) is 5.92 Å². The number of aromatic nitrogens is 1. The molecule has 1 atom stereocenters. The maximum Gasteiger partial charge on any atom is 0.270 e. The Labute approximate surface area is 134 Å². The van der Waals surface area contributed by atoms with Gasteiger partial charge in [0.25, 0.3) is 5.91 Å². The number of nitrogens with zero attached hydrogens (tertiary/aromatic N) is 1. The summed E-state index contributed by atoms with van der Waals surface area (Å²) in [4.78, 5) is 16.3. The molecule has 0 aliphatic carbocycles. The molecule has 22 heavy (non-hydrogen) atoms. The highest BCUT2D eigenvalue weighted by atomic mass is 32.1. The Morgan fingerprint density at radius 3 is 2.77 bits per heavy atom. The Morgan fingerprint density at radius 2 is 2.14 bits per heavy atom. The summed E-state index contributed by atoms with van der Waals surface area (Å²) in [6.07, 6.45) is 0. The molecule has 2 aromatic rings. The summed E-state index contributed by atoms with van der Waals surface area (Å²) in [7, 11) is 0. The Balaban J connectivity index is 2.02. The second-order valence-corrected chi connectivity index (χ2v) is 5.85. The van der Waals surface area contributed by atoms with Crippen LogP contribution in [-0.4, -0.2) is 35.8 Å². The molecule has 1 unspecified atom stereocenters. The normalized spacial score (nSPS) is 12.0. The van der Waals surface area contributed by atoms with Crippen molar-refractivity contribution in [3.05, 3.63) is 35.3 Å². The second-order valence-electron chi connectivity index (χ2n) is 4.99. The van der Waals surface area contributed by atoms with E-state index in [4.69, 9.17) is 9.84 Å². The predicted octanol–water partition coefficient (Wildman–Crippen LogP) is 2.57. The molecule has 6 heteroatoms. The molecule has 1 aromatic heterocycles. The van der Waals surface area contributed by atoms with Crippen LogP contribution in [-0.2, 0) is 0 Å². The Bertz CT molecular complexity index is 610. The first-order chi connectivity index (χ1) is 10.6. The molecular weight excluding hydrogens is 300 g/mol. The molecule has 0 saturated carbocycles. The van der Waals surface area contributed by atoms with Crippen LogP contribution in [0.15, 0.2) is 29.6 Å². The van der Waals surface area contributed by atoms with Gasteiger partial charge in [-0.25, -0.2) is 4.98 Å². The topological polar surface area (TPSA) is 71.5 Å². The summed E-state index contributed by atoms with van der Waals surface area (Å²) >= 11 is 1.43. The molecular formula is C16H20N2O3S. The molecule has 0 spiro atoms. The van der Waals surface area contributed by atoms with Gasteiger partial charge in [0.15, 0.2) is 0 Å². The zero-order valence-electron chi connectivity index (χ0n) is 12.7. The average Bonchev–Trinajstić information content (AvgIpc) is 3.03. The van der Waals surface area contributed by atoms with Gasteiger partial charge in [-0.15, -0.1) is 11.3 Å². The van der Waals surface area contributed by atoms with E-state index in [2.05, 4.69) is 10.3 Å². The lowest BCUT2D eigenvalue weighted by Crippen LogP contribution is -2.29. The van der Waals surface area contributed by atoms with E-state index in [-0.39, 0.29) is 18.4 Å². The van der Waals surface area contributed by atoms with Crippen molar-refractivity contribution in [3.63, 3.8) is 0 Å². The Morgan fingerprint density at radius 1 is 1.41 bits per heavy atom. The van der Waals surface area contributed by atoms with E-state index in [9.17, 15) is 4.79 Å². The monoisotopic (exact) mass is 320 g/mol. The minimum absolute atomic E-state index is 0.0353. The van der Waals surface area contributed by atoms with Gasteiger partial charge in [-0.2, -0.15) is 0 Å². The first-order valence-electron chi connectivity index (χ1n) is 7.21. The van der Waals surface area contributed by atoms with E-state index >= 15 is 0 Å². The molecule has 1 amide bonds. The number of nitrogens with one attached hydrogen (secondary N) is 1. The highest BCUT2D eigenvalue weighted by molar-refractivity contribution is 7.13. The first-order valence-corrected chi connectivity index (χ1v) is 8.09. The summed E-state index contributed by atoms with van der Waals surface area (Å²) in [5, 5.41) is 14.3. The molecule has 5 nitrogen and oxygen atoms in total. The average molecular weight is 320 g/mol. The molecule has 1 aromatic carbocycles. The molecule has 2 rings (SSSR count). The molecule has 1 heterocycles. The lowest BCUT2D eigenvalue weighted by atomic mass is 10.2. The van der Waals surface area contributed by atoms with Crippen LogP contribution in [0.5, 0.6) is 5.75 Å². The van der Waals surface area contributed by atoms with Gasteiger partial charge in [-0.3, -0.25) is 4.79 Å². The fourth-order valence-electron chi connectivity index (χ4n) is 1.79. The van der Waals surface area contributed by atoms with Crippen molar-refractivity contribution in [3.8, 4) is 16.3 Å². The molecule has 2 N–H and O–H groups in total. The van der Waals surface area contributed by atoms with Crippen molar-refractivity contribution in [2.45, 2.75) is 13.8 Å². The van der Waals surface area contributed by atoms with Crippen molar-refractivity contribution in [2.75, 3.05) is 19.8 Å². The number of carbonyl (C=O) groups excluding carboxylic acids is 1. The second kappa shape index (κ2) is 7.91. The standard InChI is InChI=1S/C16H20N2O3S/c1-3-21-13-6-4-12(5-7-13)16-18-14(10-22-16)15(20)17-8-11(2)9-19/h4-7,10-11,19H,3,8-9H2,1-2H3,(H,17,20). The summed E-state index contributed by atoms with van der Waals surface area (Å²) in [5.41, 5.74) is 1.36. The zero-order chi connectivity index (χ0) is 15.9. The number of carbonyl (C=O) groups is 1. The molecule has 0 radical (unpaired) electrons. The van der Waals surface area contributed by atoms with E-state index in [1.807, 2.05) is 38.1 Å². The number of thiazole rings is 1. The minimum Gasteiger partial charge on any atom is -0.494 e. The summed E-state index contributed by atoms with van der Waals surface area (Å²) in [6, 6.07) is 7.64. The fourth-order valence-corrected chi connectivity index (χ4v) is 2.60. The first kappa shape index (κ1) is 16.5. The van der Waals surface area contributed by atoms with Crippen LogP contribution in [0.3, 0.4) is 0 Å². The third-order valence-electron chi connectivity index (χ3n) is 3.07. The maximum absolute atomic E-state index is 12.0. The summed E-state index contributed by atoms with van der Waals surface area (Å²) in [6.45, 7) is 4.93. The van der Waals surface area contributed by atoms with Gasteiger partial charge in [0.1, 0.15) is 16.5 Å². The van der Waals surface area contributed by atoms with Crippen LogP contribution in [0.1, 0.15) is 24.3 Å². The van der Waals surface area contributed by atoms with Gasteiger partial charge < -0.3 is 15.2 Å². The predicted molar refractivity (Wildman–Crippen MR) is 87.3 cm³/mol. The van der Waals surface area contributed by atoms with E-state index in [0.29, 0.717) is 18.8 Å². The van der Waals surface area contributed by atoms with Crippen molar-refractivity contribution >= 4 is 17.2 Å². The van der Waals surface area contributed by atoms with Crippen LogP contribution in [0.25, 0.3) is 10.6 Å². The van der Waals surface area contributed by atoms with Crippen molar-refractivity contribution in [1.29, 1.82) is 0 Å². The van der Waals surface area contributed by atoms with Crippen LogP contribution >= 0.6 is 11.3 Å². The van der Waals surface area contributed by atoms with Crippen LogP contribution in [0.4, 0.5) is 0 Å². The smallest absolute Gasteiger partial charge is 0.270 e. The number of amides is 1. The molecule has 0 aliphatic heterocycles. The lowest BCUT2D eigenvalue weighted by Gasteiger charge is -2.07. The van der Waals surface area contributed by atoms with E-state index in [1.54, 1.807) is 5.38 Å². The van der Waals surface area contributed by atoms with Crippen LogP contribution in [0, 0.1) is 5.92 Å². The lowest BCUT2D eigenvalue weighted by molar-refractivity contribution is 0.0938. The van der Waals surface area contributed by atoms with Gasteiger partial charge in [0.2, 0.25) is 0 Å². The number of hydrogen-bond donors (Lipinski definition) is 2. The van der Waals surface area contributed by atoms with Gasteiger partial charge in [0.05, 0.1) is 6.61 Å². The molecule has 0 fully saturated rings.